The average Bonchev–Trinajstić information content (AvgIpc) is 2.36. The van der Waals surface area contributed by atoms with Crippen LogP contribution in [-0.2, 0) is 6.61 Å². The molecule has 0 aliphatic rings. The first kappa shape index (κ1) is 16.0. The van der Waals surface area contributed by atoms with Gasteiger partial charge in [0, 0.05) is 12.1 Å². The lowest BCUT2D eigenvalue weighted by molar-refractivity contribution is 0.124. The van der Waals surface area contributed by atoms with Gasteiger partial charge in [-0.25, -0.2) is 0 Å². The molecule has 1 aromatic carbocycles. The third-order valence-corrected chi connectivity index (χ3v) is 2.70. The third-order valence-electron chi connectivity index (χ3n) is 2.70. The van der Waals surface area contributed by atoms with Gasteiger partial charge in [0.15, 0.2) is 0 Å². The Bertz CT molecular complexity index is 399. The molecule has 0 fully saturated rings. The summed E-state index contributed by atoms with van der Waals surface area (Å²) in [5, 5.41) is 22.5. The van der Waals surface area contributed by atoms with Gasteiger partial charge in [0.1, 0.15) is 12.0 Å². The largest absolute Gasteiger partial charge is 0.494 e. The van der Waals surface area contributed by atoms with Crippen LogP contribution in [0.1, 0.15) is 45.0 Å². The highest BCUT2D eigenvalue weighted by atomic mass is 16.5. The third kappa shape index (κ3) is 5.19. The van der Waals surface area contributed by atoms with Crippen LogP contribution < -0.4 is 10.1 Å². The zero-order valence-electron chi connectivity index (χ0n) is 12.2. The van der Waals surface area contributed by atoms with Crippen molar-refractivity contribution in [2.24, 2.45) is 5.41 Å². The number of aliphatic hydroxyl groups excluding tert-OH is 2. The van der Waals surface area contributed by atoms with Gasteiger partial charge >= 0.3 is 0 Å². The Morgan fingerprint density at radius 1 is 1.32 bits per heavy atom. The van der Waals surface area contributed by atoms with Crippen LogP contribution in [0.15, 0.2) is 18.2 Å². The Hall–Kier alpha value is -1.10. The van der Waals surface area contributed by atoms with Gasteiger partial charge in [-0.05, 0) is 30.0 Å². The minimum absolute atomic E-state index is 0.102. The van der Waals surface area contributed by atoms with Gasteiger partial charge in [-0.2, -0.15) is 0 Å². The fourth-order valence-corrected chi connectivity index (χ4v) is 1.71. The maximum Gasteiger partial charge on any atom is 0.131 e. The van der Waals surface area contributed by atoms with Gasteiger partial charge in [-0.1, -0.05) is 26.8 Å². The SMILES string of the molecule is CCOc1ccc(C(O)NCC(C)(C)C)cc1CO. The summed E-state index contributed by atoms with van der Waals surface area (Å²) in [6, 6.07) is 5.36. The number of hydrogen-bond acceptors (Lipinski definition) is 4. The van der Waals surface area contributed by atoms with Crippen molar-refractivity contribution in [1.82, 2.24) is 5.32 Å². The lowest BCUT2D eigenvalue weighted by atomic mass is 9.96. The van der Waals surface area contributed by atoms with Crippen molar-refractivity contribution in [2.75, 3.05) is 13.2 Å². The standard InChI is InChI=1S/C15H25NO3/c1-5-19-13-7-6-11(8-12(13)9-17)14(18)16-10-15(2,3)4/h6-8,14,16-18H,5,9-10H2,1-4H3. The Kier molecular flexibility index (Phi) is 5.79. The molecule has 0 aliphatic heterocycles. The Labute approximate surface area is 115 Å². The predicted octanol–water partition coefficient (Wildman–Crippen LogP) is 2.20. The van der Waals surface area contributed by atoms with Crippen molar-refractivity contribution in [3.63, 3.8) is 0 Å². The van der Waals surface area contributed by atoms with Gasteiger partial charge in [0.25, 0.3) is 0 Å². The summed E-state index contributed by atoms with van der Waals surface area (Å²) < 4.78 is 5.41. The Balaban J connectivity index is 2.78. The number of rotatable bonds is 6. The van der Waals surface area contributed by atoms with Crippen LogP contribution in [0.5, 0.6) is 5.75 Å². The molecule has 1 aromatic rings. The fourth-order valence-electron chi connectivity index (χ4n) is 1.71. The van der Waals surface area contributed by atoms with E-state index in [0.717, 1.165) is 5.56 Å². The maximum absolute atomic E-state index is 10.1. The van der Waals surface area contributed by atoms with Gasteiger partial charge in [-0.3, -0.25) is 5.32 Å². The molecule has 4 nitrogen and oxygen atoms in total. The molecule has 0 aliphatic carbocycles. The zero-order chi connectivity index (χ0) is 14.5. The summed E-state index contributed by atoms with van der Waals surface area (Å²) in [4.78, 5) is 0. The van der Waals surface area contributed by atoms with Gasteiger partial charge < -0.3 is 14.9 Å². The lowest BCUT2D eigenvalue weighted by Gasteiger charge is -2.22. The highest BCUT2D eigenvalue weighted by Gasteiger charge is 2.15. The first-order valence-corrected chi connectivity index (χ1v) is 6.65. The highest BCUT2D eigenvalue weighted by Crippen LogP contribution is 2.23. The van der Waals surface area contributed by atoms with Gasteiger partial charge in [0.05, 0.1) is 13.2 Å². The van der Waals surface area contributed by atoms with Crippen LogP contribution in [0.3, 0.4) is 0 Å². The average molecular weight is 267 g/mol. The Morgan fingerprint density at radius 2 is 2.00 bits per heavy atom. The molecule has 0 heterocycles. The molecule has 1 atom stereocenters. The normalized spacial score (nSPS) is 13.4. The second kappa shape index (κ2) is 6.89. The summed E-state index contributed by atoms with van der Waals surface area (Å²) in [6.07, 6.45) is -0.736. The van der Waals surface area contributed by atoms with E-state index in [1.807, 2.05) is 13.0 Å². The highest BCUT2D eigenvalue weighted by molar-refractivity contribution is 5.37. The molecule has 108 valence electrons. The molecule has 0 bridgehead atoms. The van der Waals surface area contributed by atoms with E-state index in [0.29, 0.717) is 24.5 Å². The number of nitrogens with one attached hydrogen (secondary N) is 1. The minimum Gasteiger partial charge on any atom is -0.494 e. The van der Waals surface area contributed by atoms with E-state index in [1.54, 1.807) is 12.1 Å². The van der Waals surface area contributed by atoms with Crippen LogP contribution in [0.25, 0.3) is 0 Å². The first-order valence-electron chi connectivity index (χ1n) is 6.65. The Morgan fingerprint density at radius 3 is 2.53 bits per heavy atom. The van der Waals surface area contributed by atoms with Crippen molar-refractivity contribution < 1.29 is 14.9 Å². The van der Waals surface area contributed by atoms with E-state index in [9.17, 15) is 10.2 Å². The van der Waals surface area contributed by atoms with Crippen LogP contribution >= 0.6 is 0 Å². The molecule has 0 saturated heterocycles. The number of benzene rings is 1. The quantitative estimate of drug-likeness (QED) is 0.692. The summed E-state index contributed by atoms with van der Waals surface area (Å²) in [7, 11) is 0. The topological polar surface area (TPSA) is 61.7 Å². The van der Waals surface area contributed by atoms with Gasteiger partial charge in [-0.15, -0.1) is 0 Å². The molecule has 4 heteroatoms. The molecule has 0 amide bonds. The summed E-state index contributed by atoms with van der Waals surface area (Å²) >= 11 is 0. The predicted molar refractivity (Wildman–Crippen MR) is 76.0 cm³/mol. The fraction of sp³-hybridized carbons (Fsp3) is 0.600. The van der Waals surface area contributed by atoms with Crippen LogP contribution in [0, 0.1) is 5.41 Å². The van der Waals surface area contributed by atoms with E-state index >= 15 is 0 Å². The molecule has 3 N–H and O–H groups in total. The van der Waals surface area contributed by atoms with E-state index in [1.165, 1.54) is 0 Å². The molecule has 0 spiro atoms. The number of hydrogen-bond donors (Lipinski definition) is 3. The molecule has 1 rings (SSSR count). The second-order valence-corrected chi connectivity index (χ2v) is 5.80. The van der Waals surface area contributed by atoms with Crippen molar-refractivity contribution in [3.8, 4) is 5.75 Å². The monoisotopic (exact) mass is 267 g/mol. The van der Waals surface area contributed by atoms with Crippen molar-refractivity contribution in [3.05, 3.63) is 29.3 Å². The van der Waals surface area contributed by atoms with Gasteiger partial charge in [0.2, 0.25) is 0 Å². The van der Waals surface area contributed by atoms with Crippen LogP contribution in [0.4, 0.5) is 0 Å². The van der Waals surface area contributed by atoms with E-state index < -0.39 is 6.23 Å². The first-order chi connectivity index (χ1) is 8.87. The number of aliphatic hydroxyl groups is 2. The maximum atomic E-state index is 10.1. The smallest absolute Gasteiger partial charge is 0.131 e. The molecular weight excluding hydrogens is 242 g/mol. The second-order valence-electron chi connectivity index (χ2n) is 5.80. The lowest BCUT2D eigenvalue weighted by Crippen LogP contribution is -2.30. The van der Waals surface area contributed by atoms with E-state index in [2.05, 4.69) is 26.1 Å². The zero-order valence-corrected chi connectivity index (χ0v) is 12.2. The minimum atomic E-state index is -0.736. The summed E-state index contributed by atoms with van der Waals surface area (Å²) in [5.74, 6) is 0.664. The number of ether oxygens (including phenoxy) is 1. The summed E-state index contributed by atoms with van der Waals surface area (Å²) in [6.45, 7) is 9.36. The molecule has 1 unspecified atom stereocenters. The van der Waals surface area contributed by atoms with Crippen molar-refractivity contribution in [2.45, 2.75) is 40.5 Å². The van der Waals surface area contributed by atoms with Crippen LogP contribution in [0.2, 0.25) is 0 Å². The van der Waals surface area contributed by atoms with E-state index in [4.69, 9.17) is 4.74 Å². The molecule has 0 saturated carbocycles. The molecular formula is C15H25NO3. The van der Waals surface area contributed by atoms with Crippen molar-refractivity contribution in [1.29, 1.82) is 0 Å². The summed E-state index contributed by atoms with van der Waals surface area (Å²) in [5.41, 5.74) is 1.53. The van der Waals surface area contributed by atoms with Crippen LogP contribution in [-0.4, -0.2) is 23.4 Å². The van der Waals surface area contributed by atoms with Crippen molar-refractivity contribution >= 4 is 0 Å². The molecule has 19 heavy (non-hydrogen) atoms. The molecule has 0 radical (unpaired) electrons. The molecule has 0 aromatic heterocycles. The van der Waals surface area contributed by atoms with E-state index in [-0.39, 0.29) is 12.0 Å².